The molecule has 0 aliphatic rings. The van der Waals surface area contributed by atoms with Gasteiger partial charge >= 0.3 is 0 Å². The molecule has 1 atom stereocenters. The van der Waals surface area contributed by atoms with Crippen molar-refractivity contribution in [2.24, 2.45) is 0 Å². The number of anilines is 1. The monoisotopic (exact) mass is 335 g/mol. The molecule has 0 aromatic heterocycles. The van der Waals surface area contributed by atoms with Crippen LogP contribution in [0.1, 0.15) is 37.8 Å². The van der Waals surface area contributed by atoms with Crippen LogP contribution in [0.2, 0.25) is 0 Å². The number of unbranched alkanes of at least 4 members (excludes halogenated alkanes) is 1. The highest BCUT2D eigenvalue weighted by Gasteiger charge is 2.11. The highest BCUT2D eigenvalue weighted by atomic mass is 79.9. The Morgan fingerprint density at radius 1 is 1.05 bits per heavy atom. The summed E-state index contributed by atoms with van der Waals surface area (Å²) in [6.07, 6.45) is 3.34. The van der Waals surface area contributed by atoms with Crippen LogP contribution in [-0.4, -0.2) is 0 Å². The zero-order valence-electron chi connectivity index (χ0n) is 11.6. The largest absolute Gasteiger partial charge is 0.378 e. The van der Waals surface area contributed by atoms with Crippen LogP contribution >= 0.6 is 15.9 Å². The summed E-state index contributed by atoms with van der Waals surface area (Å²) in [6, 6.07) is 15.1. The van der Waals surface area contributed by atoms with E-state index in [4.69, 9.17) is 0 Å². The maximum atomic E-state index is 13.0. The lowest BCUT2D eigenvalue weighted by Crippen LogP contribution is -2.10. The molecule has 2 aromatic rings. The van der Waals surface area contributed by atoms with Crippen LogP contribution in [0.5, 0.6) is 0 Å². The quantitative estimate of drug-likeness (QED) is 0.689. The van der Waals surface area contributed by atoms with Gasteiger partial charge in [-0.2, -0.15) is 0 Å². The van der Waals surface area contributed by atoms with Gasteiger partial charge in [0, 0.05) is 10.2 Å². The molecule has 2 aromatic carbocycles. The van der Waals surface area contributed by atoms with Gasteiger partial charge in [0.25, 0.3) is 0 Å². The van der Waals surface area contributed by atoms with E-state index in [1.165, 1.54) is 12.1 Å². The third kappa shape index (κ3) is 4.34. The Hall–Kier alpha value is -1.35. The topological polar surface area (TPSA) is 12.0 Å². The average Bonchev–Trinajstić information content (AvgIpc) is 2.46. The molecule has 0 saturated carbocycles. The Morgan fingerprint density at radius 2 is 1.70 bits per heavy atom. The number of nitrogens with one attached hydrogen (secondary N) is 1. The van der Waals surface area contributed by atoms with E-state index in [9.17, 15) is 4.39 Å². The van der Waals surface area contributed by atoms with E-state index in [1.807, 2.05) is 36.4 Å². The van der Waals surface area contributed by atoms with Crippen LogP contribution in [0.25, 0.3) is 0 Å². The Balaban J connectivity index is 2.14. The van der Waals surface area contributed by atoms with Gasteiger partial charge in [0.15, 0.2) is 0 Å². The van der Waals surface area contributed by atoms with Crippen molar-refractivity contribution in [3.05, 3.63) is 64.4 Å². The first-order valence-electron chi connectivity index (χ1n) is 6.96. The van der Waals surface area contributed by atoms with E-state index < -0.39 is 0 Å². The van der Waals surface area contributed by atoms with Crippen molar-refractivity contribution in [2.45, 2.75) is 32.2 Å². The fourth-order valence-electron chi connectivity index (χ4n) is 2.17. The molecular weight excluding hydrogens is 317 g/mol. The molecule has 1 unspecified atom stereocenters. The summed E-state index contributed by atoms with van der Waals surface area (Å²) in [6.45, 7) is 2.18. The van der Waals surface area contributed by atoms with Gasteiger partial charge in [0.1, 0.15) is 5.82 Å². The Labute approximate surface area is 128 Å². The van der Waals surface area contributed by atoms with Crippen molar-refractivity contribution in [3.8, 4) is 0 Å². The summed E-state index contributed by atoms with van der Waals surface area (Å²) < 4.78 is 14.1. The second-order valence-electron chi connectivity index (χ2n) is 4.90. The number of hydrogen-bond acceptors (Lipinski definition) is 1. The fraction of sp³-hybridized carbons (Fsp3) is 0.294. The van der Waals surface area contributed by atoms with Gasteiger partial charge in [0.2, 0.25) is 0 Å². The summed E-state index contributed by atoms with van der Waals surface area (Å²) in [5.74, 6) is -0.188. The van der Waals surface area contributed by atoms with Gasteiger partial charge in [-0.05, 0) is 48.4 Å². The van der Waals surface area contributed by atoms with Crippen molar-refractivity contribution >= 4 is 21.6 Å². The summed E-state index contributed by atoms with van der Waals surface area (Å²) in [5, 5.41) is 3.53. The minimum atomic E-state index is -0.188. The van der Waals surface area contributed by atoms with Gasteiger partial charge in [-0.1, -0.05) is 47.8 Å². The molecule has 0 radical (unpaired) electrons. The molecular formula is C17H19BrFN. The van der Waals surface area contributed by atoms with Crippen LogP contribution in [-0.2, 0) is 0 Å². The molecule has 0 fully saturated rings. The second-order valence-corrected chi connectivity index (χ2v) is 5.81. The lowest BCUT2D eigenvalue weighted by Gasteiger charge is -2.20. The standard InChI is InChI=1S/C17H19BrFN/c1-2-3-4-17(13-5-9-15(19)10-6-13)20-16-11-7-14(18)8-12-16/h5-12,17,20H,2-4H2,1H3. The van der Waals surface area contributed by atoms with Crippen molar-refractivity contribution < 1.29 is 4.39 Å². The lowest BCUT2D eigenvalue weighted by atomic mass is 10.0. The molecule has 0 spiro atoms. The van der Waals surface area contributed by atoms with Gasteiger partial charge in [-0.25, -0.2) is 4.39 Å². The number of benzene rings is 2. The van der Waals surface area contributed by atoms with Crippen LogP contribution in [0.15, 0.2) is 53.0 Å². The molecule has 0 aliphatic carbocycles. The summed E-state index contributed by atoms with van der Waals surface area (Å²) in [4.78, 5) is 0. The first kappa shape index (κ1) is 15.0. The summed E-state index contributed by atoms with van der Waals surface area (Å²) in [7, 11) is 0. The minimum Gasteiger partial charge on any atom is -0.378 e. The zero-order chi connectivity index (χ0) is 14.4. The molecule has 3 heteroatoms. The van der Waals surface area contributed by atoms with E-state index in [-0.39, 0.29) is 11.9 Å². The molecule has 0 heterocycles. The van der Waals surface area contributed by atoms with Crippen molar-refractivity contribution in [2.75, 3.05) is 5.32 Å². The smallest absolute Gasteiger partial charge is 0.123 e. The van der Waals surface area contributed by atoms with Gasteiger partial charge < -0.3 is 5.32 Å². The van der Waals surface area contributed by atoms with Crippen LogP contribution < -0.4 is 5.32 Å². The third-order valence-electron chi connectivity index (χ3n) is 3.30. The predicted molar refractivity (Wildman–Crippen MR) is 86.4 cm³/mol. The van der Waals surface area contributed by atoms with Crippen LogP contribution in [0.4, 0.5) is 10.1 Å². The van der Waals surface area contributed by atoms with E-state index in [0.717, 1.165) is 35.0 Å². The molecule has 0 saturated heterocycles. The Bertz CT molecular complexity index is 522. The summed E-state index contributed by atoms with van der Waals surface area (Å²) >= 11 is 3.44. The molecule has 0 amide bonds. The first-order valence-corrected chi connectivity index (χ1v) is 7.76. The van der Waals surface area contributed by atoms with Crippen LogP contribution in [0.3, 0.4) is 0 Å². The second kappa shape index (κ2) is 7.44. The molecule has 106 valence electrons. The average molecular weight is 336 g/mol. The Kier molecular flexibility index (Phi) is 5.60. The highest BCUT2D eigenvalue weighted by Crippen LogP contribution is 2.25. The third-order valence-corrected chi connectivity index (χ3v) is 3.83. The van der Waals surface area contributed by atoms with Gasteiger partial charge in [-0.3, -0.25) is 0 Å². The SMILES string of the molecule is CCCCC(Nc1ccc(Br)cc1)c1ccc(F)cc1. The van der Waals surface area contributed by atoms with Crippen molar-refractivity contribution in [3.63, 3.8) is 0 Å². The molecule has 1 N–H and O–H groups in total. The van der Waals surface area contributed by atoms with E-state index in [0.29, 0.717) is 0 Å². The normalized spacial score (nSPS) is 12.2. The maximum Gasteiger partial charge on any atom is 0.123 e. The molecule has 0 bridgehead atoms. The maximum absolute atomic E-state index is 13.0. The predicted octanol–water partition coefficient (Wildman–Crippen LogP) is 5.93. The van der Waals surface area contributed by atoms with Crippen molar-refractivity contribution in [1.29, 1.82) is 0 Å². The van der Waals surface area contributed by atoms with Gasteiger partial charge in [0.05, 0.1) is 6.04 Å². The van der Waals surface area contributed by atoms with E-state index in [1.54, 1.807) is 0 Å². The molecule has 1 nitrogen and oxygen atoms in total. The number of rotatable bonds is 6. The zero-order valence-corrected chi connectivity index (χ0v) is 13.2. The van der Waals surface area contributed by atoms with Crippen molar-refractivity contribution in [1.82, 2.24) is 0 Å². The highest BCUT2D eigenvalue weighted by molar-refractivity contribution is 9.10. The summed E-state index contributed by atoms with van der Waals surface area (Å²) in [5.41, 5.74) is 2.21. The van der Waals surface area contributed by atoms with E-state index >= 15 is 0 Å². The van der Waals surface area contributed by atoms with Crippen LogP contribution in [0, 0.1) is 5.82 Å². The fourth-order valence-corrected chi connectivity index (χ4v) is 2.44. The molecule has 2 rings (SSSR count). The molecule has 0 aliphatic heterocycles. The minimum absolute atomic E-state index is 0.188. The van der Waals surface area contributed by atoms with Gasteiger partial charge in [-0.15, -0.1) is 0 Å². The van der Waals surface area contributed by atoms with E-state index in [2.05, 4.69) is 28.2 Å². The number of hydrogen-bond donors (Lipinski definition) is 1. The Morgan fingerprint density at radius 3 is 2.30 bits per heavy atom. The first-order chi connectivity index (χ1) is 9.69. The number of halogens is 2. The molecule has 20 heavy (non-hydrogen) atoms. The lowest BCUT2D eigenvalue weighted by molar-refractivity contribution is 0.616.